The summed E-state index contributed by atoms with van der Waals surface area (Å²) >= 11 is 0. The molecule has 1 N–H and O–H groups in total. The molecular weight excluding hydrogens is 278 g/mol. The molecule has 3 fully saturated rings. The van der Waals surface area contributed by atoms with Gasteiger partial charge in [0.2, 0.25) is 11.8 Å². The fraction of sp³-hybridized carbons (Fsp3) is 0.867. The normalized spacial score (nSPS) is 27.7. The molecule has 118 valence electrons. The highest BCUT2D eigenvalue weighted by atomic mass is 19.3. The lowest BCUT2D eigenvalue weighted by Crippen LogP contribution is -2.75. The molecule has 6 heteroatoms. The van der Waals surface area contributed by atoms with E-state index < -0.39 is 24.0 Å². The first-order chi connectivity index (χ1) is 10.0. The number of hydrogen-bond donors (Lipinski definition) is 1. The Kier molecular flexibility index (Phi) is 3.66. The van der Waals surface area contributed by atoms with E-state index in [1.807, 2.05) is 0 Å². The fourth-order valence-corrected chi connectivity index (χ4v) is 4.31. The largest absolute Gasteiger partial charge is 0.340 e. The maximum atomic E-state index is 13.0. The second-order valence-corrected chi connectivity index (χ2v) is 6.64. The van der Waals surface area contributed by atoms with Crippen LogP contribution in [-0.4, -0.2) is 40.8 Å². The SMILES string of the molecule is O=C1N(CC(F)F)C2(CCCC2)C(=O)NC12CCCCC2. The van der Waals surface area contributed by atoms with Gasteiger partial charge < -0.3 is 10.2 Å². The van der Waals surface area contributed by atoms with Crippen LogP contribution in [0, 0.1) is 0 Å². The number of halogens is 2. The van der Waals surface area contributed by atoms with Crippen molar-refractivity contribution in [3.05, 3.63) is 0 Å². The molecule has 1 saturated heterocycles. The minimum atomic E-state index is -2.60. The second-order valence-electron chi connectivity index (χ2n) is 6.64. The lowest BCUT2D eigenvalue weighted by Gasteiger charge is -2.52. The van der Waals surface area contributed by atoms with E-state index in [1.165, 1.54) is 4.90 Å². The number of carbonyl (C=O) groups excluding carboxylic acids is 2. The van der Waals surface area contributed by atoms with E-state index in [1.54, 1.807) is 0 Å². The predicted molar refractivity (Wildman–Crippen MR) is 72.9 cm³/mol. The molecule has 4 nitrogen and oxygen atoms in total. The van der Waals surface area contributed by atoms with E-state index in [9.17, 15) is 18.4 Å². The van der Waals surface area contributed by atoms with Crippen molar-refractivity contribution in [1.82, 2.24) is 10.2 Å². The minimum absolute atomic E-state index is 0.206. The van der Waals surface area contributed by atoms with Crippen LogP contribution in [0.5, 0.6) is 0 Å². The molecule has 0 unspecified atom stereocenters. The van der Waals surface area contributed by atoms with Crippen LogP contribution in [-0.2, 0) is 9.59 Å². The van der Waals surface area contributed by atoms with E-state index >= 15 is 0 Å². The molecule has 21 heavy (non-hydrogen) atoms. The highest BCUT2D eigenvalue weighted by molar-refractivity contribution is 6.02. The molecule has 0 radical (unpaired) electrons. The third-order valence-corrected chi connectivity index (χ3v) is 5.41. The number of alkyl halides is 2. The van der Waals surface area contributed by atoms with Crippen molar-refractivity contribution >= 4 is 11.8 Å². The first kappa shape index (κ1) is 14.7. The molecule has 3 aliphatic rings. The highest BCUT2D eigenvalue weighted by Crippen LogP contribution is 2.43. The molecule has 1 aliphatic heterocycles. The average molecular weight is 300 g/mol. The topological polar surface area (TPSA) is 49.4 Å². The van der Waals surface area contributed by atoms with Crippen LogP contribution in [0.15, 0.2) is 0 Å². The quantitative estimate of drug-likeness (QED) is 0.850. The molecule has 2 amide bonds. The van der Waals surface area contributed by atoms with Gasteiger partial charge in [-0.1, -0.05) is 32.1 Å². The molecule has 0 aromatic carbocycles. The van der Waals surface area contributed by atoms with Crippen LogP contribution in [0.2, 0.25) is 0 Å². The summed E-state index contributed by atoms with van der Waals surface area (Å²) in [6.07, 6.45) is 3.95. The van der Waals surface area contributed by atoms with Crippen molar-refractivity contribution in [2.24, 2.45) is 0 Å². The maximum Gasteiger partial charge on any atom is 0.255 e. The van der Waals surface area contributed by atoms with E-state index in [0.29, 0.717) is 25.7 Å². The van der Waals surface area contributed by atoms with Gasteiger partial charge in [0.1, 0.15) is 11.1 Å². The third kappa shape index (κ3) is 2.23. The zero-order valence-electron chi connectivity index (χ0n) is 12.2. The fourth-order valence-electron chi connectivity index (χ4n) is 4.31. The van der Waals surface area contributed by atoms with E-state index in [2.05, 4.69) is 5.32 Å². The first-order valence-corrected chi connectivity index (χ1v) is 7.93. The number of nitrogens with zero attached hydrogens (tertiary/aromatic N) is 1. The summed E-state index contributed by atoms with van der Waals surface area (Å²) in [5.74, 6) is -0.480. The minimum Gasteiger partial charge on any atom is -0.340 e. The van der Waals surface area contributed by atoms with Gasteiger partial charge in [-0.3, -0.25) is 9.59 Å². The van der Waals surface area contributed by atoms with Gasteiger partial charge in [0.15, 0.2) is 0 Å². The average Bonchev–Trinajstić information content (AvgIpc) is 2.94. The molecule has 0 aromatic heterocycles. The Morgan fingerprint density at radius 1 is 1.00 bits per heavy atom. The van der Waals surface area contributed by atoms with Gasteiger partial charge >= 0.3 is 0 Å². The highest BCUT2D eigenvalue weighted by Gasteiger charge is 2.59. The van der Waals surface area contributed by atoms with Crippen LogP contribution in [0.1, 0.15) is 57.8 Å². The Morgan fingerprint density at radius 3 is 2.14 bits per heavy atom. The van der Waals surface area contributed by atoms with Crippen molar-refractivity contribution in [1.29, 1.82) is 0 Å². The van der Waals surface area contributed by atoms with E-state index in [-0.39, 0.29) is 11.8 Å². The monoisotopic (exact) mass is 300 g/mol. The summed E-state index contributed by atoms with van der Waals surface area (Å²) in [4.78, 5) is 26.8. The number of nitrogens with one attached hydrogen (secondary N) is 1. The predicted octanol–water partition coefficient (Wildman–Crippen LogP) is 2.23. The maximum absolute atomic E-state index is 13.0. The number of amides is 2. The lowest BCUT2D eigenvalue weighted by atomic mass is 9.75. The molecule has 2 spiro atoms. The van der Waals surface area contributed by atoms with Crippen LogP contribution in [0.4, 0.5) is 8.78 Å². The molecule has 0 aromatic rings. The number of rotatable bonds is 2. The van der Waals surface area contributed by atoms with Gasteiger partial charge in [0.25, 0.3) is 6.43 Å². The standard InChI is InChI=1S/C15H22F2N2O2/c16-11(17)10-19-13(21)14(6-2-1-3-7-14)18-12(20)15(19)8-4-5-9-15/h11H,1-10H2,(H,18,20). The van der Waals surface area contributed by atoms with Gasteiger partial charge in [-0.25, -0.2) is 8.78 Å². The summed E-state index contributed by atoms with van der Waals surface area (Å²) < 4.78 is 26.0. The van der Waals surface area contributed by atoms with Crippen LogP contribution >= 0.6 is 0 Å². The van der Waals surface area contributed by atoms with Gasteiger partial charge in [0, 0.05) is 0 Å². The van der Waals surface area contributed by atoms with Crippen molar-refractivity contribution < 1.29 is 18.4 Å². The van der Waals surface area contributed by atoms with Gasteiger partial charge in [-0.15, -0.1) is 0 Å². The second kappa shape index (κ2) is 5.21. The zero-order chi connectivity index (χ0) is 15.1. The summed E-state index contributed by atoms with van der Waals surface area (Å²) in [7, 11) is 0. The van der Waals surface area contributed by atoms with Gasteiger partial charge in [-0.05, 0) is 25.7 Å². The summed E-state index contributed by atoms with van der Waals surface area (Å²) in [6.45, 7) is -0.617. The van der Waals surface area contributed by atoms with Crippen LogP contribution in [0.3, 0.4) is 0 Å². The number of hydrogen-bond acceptors (Lipinski definition) is 2. The van der Waals surface area contributed by atoms with E-state index in [0.717, 1.165) is 32.1 Å². The Labute approximate surface area is 123 Å². The Morgan fingerprint density at radius 2 is 1.57 bits per heavy atom. The summed E-state index contributed by atoms with van der Waals surface area (Å²) in [5, 5.41) is 2.94. The van der Waals surface area contributed by atoms with Crippen molar-refractivity contribution in [3.8, 4) is 0 Å². The van der Waals surface area contributed by atoms with Gasteiger partial charge in [-0.2, -0.15) is 0 Å². The molecule has 0 atom stereocenters. The molecule has 3 rings (SSSR count). The van der Waals surface area contributed by atoms with Gasteiger partial charge in [0.05, 0.1) is 6.54 Å². The number of piperazine rings is 1. The number of carbonyl (C=O) groups is 2. The first-order valence-electron chi connectivity index (χ1n) is 7.93. The molecule has 0 bridgehead atoms. The van der Waals surface area contributed by atoms with Crippen molar-refractivity contribution in [2.45, 2.75) is 75.3 Å². The molecular formula is C15H22F2N2O2. The van der Waals surface area contributed by atoms with Crippen LogP contribution < -0.4 is 5.32 Å². The smallest absolute Gasteiger partial charge is 0.255 e. The van der Waals surface area contributed by atoms with E-state index in [4.69, 9.17) is 0 Å². The Bertz CT molecular complexity index is 441. The third-order valence-electron chi connectivity index (χ3n) is 5.41. The van der Waals surface area contributed by atoms with Crippen molar-refractivity contribution in [2.75, 3.05) is 6.54 Å². The summed E-state index contributed by atoms with van der Waals surface area (Å²) in [5.41, 5.74) is -1.94. The lowest BCUT2D eigenvalue weighted by molar-refractivity contribution is -0.167. The van der Waals surface area contributed by atoms with Crippen LogP contribution in [0.25, 0.3) is 0 Å². The molecule has 2 aliphatic carbocycles. The van der Waals surface area contributed by atoms with Crippen molar-refractivity contribution in [3.63, 3.8) is 0 Å². The Hall–Kier alpha value is -1.20. The zero-order valence-corrected chi connectivity index (χ0v) is 12.2. The molecule has 2 saturated carbocycles. The molecule has 1 heterocycles. The summed E-state index contributed by atoms with van der Waals surface area (Å²) in [6, 6.07) is 0. The Balaban J connectivity index is 1.95.